The molecule has 1 aromatic heterocycles. The molecule has 2 aromatic carbocycles. The summed E-state index contributed by atoms with van der Waals surface area (Å²) in [4.78, 5) is 40.9. The first-order chi connectivity index (χ1) is 24.9. The molecule has 2 aliphatic rings. The Morgan fingerprint density at radius 3 is 2.55 bits per heavy atom. The number of amides is 1. The van der Waals surface area contributed by atoms with E-state index >= 15 is 0 Å². The second-order valence-electron chi connectivity index (χ2n) is 12.1. The lowest BCUT2D eigenvalue weighted by molar-refractivity contribution is -0.385. The van der Waals surface area contributed by atoms with Crippen LogP contribution in [0, 0.1) is 16.0 Å². The minimum atomic E-state index is -4.35. The Morgan fingerprint density at radius 1 is 1.19 bits per heavy atom. The van der Waals surface area contributed by atoms with E-state index in [0.717, 1.165) is 18.3 Å². The number of carbonyl (C=O) groups excluding carboxylic acids is 1. The van der Waals surface area contributed by atoms with Crippen LogP contribution in [0.3, 0.4) is 0 Å². The van der Waals surface area contributed by atoms with Crippen molar-refractivity contribution in [3.05, 3.63) is 86.5 Å². The predicted molar refractivity (Wildman–Crippen MR) is 174 cm³/mol. The van der Waals surface area contributed by atoms with Crippen LogP contribution in [-0.2, 0) is 25.0 Å². The Bertz CT molecular complexity index is 1930. The van der Waals surface area contributed by atoms with Gasteiger partial charge >= 0.3 is 31.2 Å². The number of hydrogen-bond acceptors (Lipinski definition) is 12. The van der Waals surface area contributed by atoms with E-state index in [4.69, 9.17) is 24.3 Å². The van der Waals surface area contributed by atoms with Gasteiger partial charge in [0.25, 0.3) is 5.91 Å². The molecule has 2 aliphatic heterocycles. The highest BCUT2D eigenvalue weighted by atomic mass is 31.2. The van der Waals surface area contributed by atoms with Gasteiger partial charge in [-0.1, -0.05) is 13.0 Å². The molecule has 1 amide bonds. The Labute approximate surface area is 297 Å². The fourth-order valence-corrected chi connectivity index (χ4v) is 6.96. The third-order valence-corrected chi connectivity index (χ3v) is 10.1. The number of aromatic nitrogens is 2. The van der Waals surface area contributed by atoms with Crippen molar-refractivity contribution in [3.63, 3.8) is 0 Å². The number of nitrogens with zero attached hydrogens (tertiary/aromatic N) is 4. The Morgan fingerprint density at radius 2 is 1.91 bits per heavy atom. The number of benzene rings is 2. The molecule has 288 valence electrons. The van der Waals surface area contributed by atoms with Crippen LogP contribution >= 0.6 is 7.75 Å². The quantitative estimate of drug-likeness (QED) is 0.0925. The zero-order chi connectivity index (χ0) is 38.7. The maximum absolute atomic E-state index is 15.0. The molecular weight excluding hydrogens is 742 g/mol. The fraction of sp³-hybridized carbons (Fsp3) is 0.452. The summed E-state index contributed by atoms with van der Waals surface area (Å²) in [6.45, 7) is -0.0893. The van der Waals surface area contributed by atoms with Gasteiger partial charge in [0, 0.05) is 37.5 Å². The lowest BCUT2D eigenvalue weighted by Gasteiger charge is -2.33. The van der Waals surface area contributed by atoms with Crippen molar-refractivity contribution < 1.29 is 59.9 Å². The zero-order valence-corrected chi connectivity index (χ0v) is 28.7. The average Bonchev–Trinajstić information content (AvgIpc) is 3.33. The van der Waals surface area contributed by atoms with E-state index in [1.807, 2.05) is 0 Å². The summed E-state index contributed by atoms with van der Waals surface area (Å²) in [6.07, 6.45) is -10.5. The van der Waals surface area contributed by atoms with E-state index < -0.39 is 79.6 Å². The molecule has 0 saturated carbocycles. The van der Waals surface area contributed by atoms with Crippen molar-refractivity contribution in [1.29, 1.82) is 0 Å². The number of piperidine rings is 1. The number of halogens is 5. The second kappa shape index (κ2) is 15.8. The molecule has 0 bridgehead atoms. The molecule has 16 nitrogen and oxygen atoms in total. The van der Waals surface area contributed by atoms with Gasteiger partial charge in [0.1, 0.15) is 17.7 Å². The van der Waals surface area contributed by atoms with Crippen LogP contribution in [-0.4, -0.2) is 80.9 Å². The lowest BCUT2D eigenvalue weighted by Crippen LogP contribution is -2.42. The molecule has 3 heterocycles. The number of nitro benzene ring substituents is 1. The average molecular weight is 777 g/mol. The third kappa shape index (κ3) is 9.17. The number of aliphatic hydroxyl groups is 1. The topological polar surface area (TPSA) is 211 Å². The summed E-state index contributed by atoms with van der Waals surface area (Å²) >= 11 is 0. The van der Waals surface area contributed by atoms with Gasteiger partial charge in [-0.15, -0.1) is 0 Å². The third-order valence-electron chi connectivity index (χ3n) is 8.42. The highest BCUT2D eigenvalue weighted by Gasteiger charge is 2.60. The summed E-state index contributed by atoms with van der Waals surface area (Å²) in [6, 6.07) is 10.2. The van der Waals surface area contributed by atoms with Gasteiger partial charge in [0.05, 0.1) is 24.1 Å². The van der Waals surface area contributed by atoms with Gasteiger partial charge in [0.15, 0.2) is 6.10 Å². The highest BCUT2D eigenvalue weighted by Crippen LogP contribution is 2.48. The first kappa shape index (κ1) is 39.7. The Kier molecular flexibility index (Phi) is 11.8. The van der Waals surface area contributed by atoms with Gasteiger partial charge in [-0.05, 0) is 54.8 Å². The molecule has 22 heteroatoms. The maximum atomic E-state index is 15.0. The van der Waals surface area contributed by atoms with Crippen LogP contribution < -0.4 is 21.2 Å². The van der Waals surface area contributed by atoms with Gasteiger partial charge < -0.3 is 25.2 Å². The number of aliphatic hydroxyl groups excluding tert-OH is 1. The second-order valence-corrected chi connectivity index (χ2v) is 13.9. The molecule has 5 rings (SSSR count). The van der Waals surface area contributed by atoms with E-state index in [1.54, 1.807) is 0 Å². The van der Waals surface area contributed by atoms with Crippen molar-refractivity contribution in [3.8, 4) is 11.5 Å². The van der Waals surface area contributed by atoms with E-state index in [2.05, 4.69) is 10.1 Å². The number of rotatable bonds is 13. The number of nitrogens with one attached hydrogen (secondary N) is 1. The van der Waals surface area contributed by atoms with Crippen molar-refractivity contribution in [2.75, 3.05) is 32.0 Å². The van der Waals surface area contributed by atoms with Crippen molar-refractivity contribution >= 4 is 25.2 Å². The van der Waals surface area contributed by atoms with Gasteiger partial charge in [-0.3, -0.25) is 28.5 Å². The molecule has 4 unspecified atom stereocenters. The van der Waals surface area contributed by atoms with E-state index in [-0.39, 0.29) is 60.9 Å². The molecular formula is C31H34F5N6O10P. The van der Waals surface area contributed by atoms with E-state index in [0.29, 0.717) is 4.57 Å². The minimum absolute atomic E-state index is 0.000657. The molecule has 0 aliphatic carbocycles. The molecule has 0 spiro atoms. The van der Waals surface area contributed by atoms with E-state index in [9.17, 15) is 51.3 Å². The summed E-state index contributed by atoms with van der Waals surface area (Å²) in [5, 5.41) is 24.6. The number of alkyl halides is 5. The van der Waals surface area contributed by atoms with Gasteiger partial charge in [0.2, 0.25) is 12.0 Å². The minimum Gasteiger partial charge on any atom is -0.450 e. The monoisotopic (exact) mass is 776 g/mol. The van der Waals surface area contributed by atoms with Crippen LogP contribution in [0.15, 0.2) is 59.5 Å². The molecule has 3 aromatic rings. The maximum Gasteiger partial charge on any atom is 0.405 e. The van der Waals surface area contributed by atoms with Crippen LogP contribution in [0.25, 0.3) is 0 Å². The fourth-order valence-electron chi connectivity index (χ4n) is 5.66. The molecule has 4 atom stereocenters. The summed E-state index contributed by atoms with van der Waals surface area (Å²) in [7, 11) is -4.33. The van der Waals surface area contributed by atoms with Crippen LogP contribution in [0.4, 0.5) is 33.5 Å². The Hall–Kier alpha value is -4.53. The van der Waals surface area contributed by atoms with Gasteiger partial charge in [-0.25, -0.2) is 14.4 Å². The highest BCUT2D eigenvalue weighted by molar-refractivity contribution is 7.51. The largest absolute Gasteiger partial charge is 0.450 e. The number of hydrogen-bond donors (Lipinski definition) is 3. The zero-order valence-electron chi connectivity index (χ0n) is 27.8. The number of nitro groups is 1. The number of nitrogen functional groups attached to an aromatic ring is 1. The normalized spacial score (nSPS) is 21.6. The molecule has 2 saturated heterocycles. The number of carbonyl (C=O) groups is 1. The predicted octanol–water partition coefficient (Wildman–Crippen LogP) is 4.79. The number of ether oxygens (including phenoxy) is 2. The van der Waals surface area contributed by atoms with Crippen LogP contribution in [0.5, 0.6) is 11.5 Å². The molecule has 4 N–H and O–H groups in total. The van der Waals surface area contributed by atoms with Crippen LogP contribution in [0.1, 0.15) is 41.9 Å². The molecule has 53 heavy (non-hydrogen) atoms. The van der Waals surface area contributed by atoms with E-state index in [1.165, 1.54) is 48.2 Å². The summed E-state index contributed by atoms with van der Waals surface area (Å²) < 4.78 is 105. The molecule has 2 fully saturated rings. The first-order valence-electron chi connectivity index (χ1n) is 16.0. The lowest BCUT2D eigenvalue weighted by atomic mass is 9.96. The first-order valence-corrected chi connectivity index (χ1v) is 17.6. The summed E-state index contributed by atoms with van der Waals surface area (Å²) in [5.74, 6) is -6.60. The SMILES string of the molecule is CCNP(=O)(OCc1ccc([N+](=O)[O-])c(Oc2cccc(C(=O)N3CCC(C(F)(F)F)CC3)c2)c1)OCC1OC(n2ccc(N)nc2=O)C(F)(F)C1O. The number of nitrogens with two attached hydrogens (primary N) is 1. The van der Waals surface area contributed by atoms with Crippen molar-refractivity contribution in [2.45, 2.75) is 56.9 Å². The number of anilines is 1. The Balaban J connectivity index is 1.26. The van der Waals surface area contributed by atoms with Crippen LogP contribution in [0.2, 0.25) is 0 Å². The van der Waals surface area contributed by atoms with Crippen molar-refractivity contribution in [2.24, 2.45) is 5.92 Å². The number of likely N-dealkylation sites (tertiary alicyclic amines) is 1. The smallest absolute Gasteiger partial charge is 0.405 e. The van der Waals surface area contributed by atoms with Gasteiger partial charge in [-0.2, -0.15) is 26.9 Å². The summed E-state index contributed by atoms with van der Waals surface area (Å²) in [5.41, 5.74) is 4.00. The molecule has 0 radical (unpaired) electrons. The standard InChI is InChI=1S/C31H34F5N6O10P/c1-2-38-53(48,50-17-24-26(43)30(32,33)28(52-24)41-13-10-25(37)39-29(41)45)49-16-18-6-7-22(42(46)47)23(14-18)51-21-5-3-4-19(15-21)27(44)40-11-8-20(9-12-40)31(34,35)36/h3-7,10,13-15,20,24,26,28,43H,2,8-9,11-12,16-17H2,1H3,(H,38,48)(H2,37,39,45). The van der Waals surface area contributed by atoms with Crippen molar-refractivity contribution in [1.82, 2.24) is 19.5 Å².